The third-order valence-electron chi connectivity index (χ3n) is 4.85. The molecule has 2 aliphatic rings. The van der Waals surface area contributed by atoms with E-state index < -0.39 is 6.04 Å². The lowest BCUT2D eigenvalue weighted by Crippen LogP contribution is -2.46. The van der Waals surface area contributed by atoms with Crippen molar-refractivity contribution in [2.75, 3.05) is 13.6 Å². The van der Waals surface area contributed by atoms with E-state index in [2.05, 4.69) is 5.32 Å². The monoisotopic (exact) mass is 316 g/mol. The van der Waals surface area contributed by atoms with Gasteiger partial charge in [0.2, 0.25) is 11.8 Å². The summed E-state index contributed by atoms with van der Waals surface area (Å²) in [4.78, 5) is 26.7. The Balaban J connectivity index is 1.71. The molecule has 0 radical (unpaired) electrons. The van der Waals surface area contributed by atoms with Crippen molar-refractivity contribution in [3.8, 4) is 5.75 Å². The minimum atomic E-state index is -0.415. The van der Waals surface area contributed by atoms with Crippen molar-refractivity contribution in [2.24, 2.45) is 5.92 Å². The van der Waals surface area contributed by atoms with Gasteiger partial charge in [-0.05, 0) is 25.0 Å². The maximum Gasteiger partial charge on any atom is 0.242 e. The third-order valence-corrected chi connectivity index (χ3v) is 4.85. The first-order valence-electron chi connectivity index (χ1n) is 8.43. The van der Waals surface area contributed by atoms with Crippen LogP contribution in [0.1, 0.15) is 32.1 Å². The van der Waals surface area contributed by atoms with Crippen LogP contribution in [0.25, 0.3) is 0 Å². The summed E-state index contributed by atoms with van der Waals surface area (Å²) in [6.45, 7) is 0.488. The highest BCUT2D eigenvalue weighted by Gasteiger charge is 2.42. The number of para-hydroxylation sites is 1. The van der Waals surface area contributed by atoms with E-state index in [9.17, 15) is 9.59 Å². The van der Waals surface area contributed by atoms with E-state index in [0.29, 0.717) is 13.0 Å². The predicted octanol–water partition coefficient (Wildman–Crippen LogP) is 1.97. The summed E-state index contributed by atoms with van der Waals surface area (Å²) in [6.07, 6.45) is 4.52. The molecular formula is C18H24N2O3. The van der Waals surface area contributed by atoms with Gasteiger partial charge in [0.25, 0.3) is 0 Å². The average molecular weight is 316 g/mol. The molecular weight excluding hydrogens is 292 g/mol. The van der Waals surface area contributed by atoms with Crippen LogP contribution >= 0.6 is 0 Å². The van der Waals surface area contributed by atoms with Gasteiger partial charge in [-0.15, -0.1) is 0 Å². The second-order valence-electron chi connectivity index (χ2n) is 6.39. The van der Waals surface area contributed by atoms with Crippen LogP contribution in [0.15, 0.2) is 30.3 Å². The zero-order valence-corrected chi connectivity index (χ0v) is 13.5. The van der Waals surface area contributed by atoms with Crippen LogP contribution in [0.4, 0.5) is 0 Å². The number of amides is 2. The standard InChI is InChI=1S/C18H24N2O3/c1-19-17(21)16-11-15(23-14-9-3-2-4-10-14)12-20(16)18(22)13-7-5-6-8-13/h2-4,9-10,13,15-16H,5-8,11-12H2,1H3,(H,19,21)/t15-,16-/m0/s1. The molecule has 0 aromatic heterocycles. The third kappa shape index (κ3) is 3.49. The zero-order chi connectivity index (χ0) is 16.2. The fourth-order valence-corrected chi connectivity index (χ4v) is 3.64. The van der Waals surface area contributed by atoms with Crippen LogP contribution in [-0.2, 0) is 9.59 Å². The van der Waals surface area contributed by atoms with E-state index in [1.807, 2.05) is 30.3 Å². The smallest absolute Gasteiger partial charge is 0.242 e. The number of carbonyl (C=O) groups is 2. The molecule has 1 saturated heterocycles. The molecule has 2 atom stereocenters. The average Bonchev–Trinajstić information content (AvgIpc) is 3.24. The molecule has 124 valence electrons. The summed E-state index contributed by atoms with van der Waals surface area (Å²) in [5.41, 5.74) is 0. The second-order valence-corrected chi connectivity index (χ2v) is 6.39. The van der Waals surface area contributed by atoms with E-state index in [-0.39, 0.29) is 23.8 Å². The Labute approximate surface area is 137 Å². The van der Waals surface area contributed by atoms with Crippen molar-refractivity contribution >= 4 is 11.8 Å². The molecule has 1 aromatic rings. The predicted molar refractivity (Wildman–Crippen MR) is 87.0 cm³/mol. The molecule has 0 spiro atoms. The number of benzene rings is 1. The molecule has 1 N–H and O–H groups in total. The number of rotatable bonds is 4. The molecule has 1 aliphatic carbocycles. The molecule has 1 heterocycles. The summed E-state index contributed by atoms with van der Waals surface area (Å²) in [6, 6.07) is 9.16. The quantitative estimate of drug-likeness (QED) is 0.924. The highest BCUT2D eigenvalue weighted by atomic mass is 16.5. The number of carbonyl (C=O) groups excluding carboxylic acids is 2. The molecule has 5 nitrogen and oxygen atoms in total. The zero-order valence-electron chi connectivity index (χ0n) is 13.5. The number of ether oxygens (including phenoxy) is 1. The maximum absolute atomic E-state index is 12.8. The number of nitrogens with one attached hydrogen (secondary N) is 1. The van der Waals surface area contributed by atoms with Gasteiger partial charge in [-0.25, -0.2) is 0 Å². The van der Waals surface area contributed by atoms with Crippen molar-refractivity contribution < 1.29 is 14.3 Å². The Morgan fingerprint density at radius 2 is 1.87 bits per heavy atom. The number of likely N-dealkylation sites (tertiary alicyclic amines) is 1. The Bertz CT molecular complexity index is 555. The normalized spacial score (nSPS) is 24.7. The van der Waals surface area contributed by atoms with E-state index in [4.69, 9.17) is 4.74 Å². The van der Waals surface area contributed by atoms with Gasteiger partial charge in [0.15, 0.2) is 0 Å². The van der Waals surface area contributed by atoms with Gasteiger partial charge in [-0.2, -0.15) is 0 Å². The highest BCUT2D eigenvalue weighted by Crippen LogP contribution is 2.31. The molecule has 0 unspecified atom stereocenters. The molecule has 2 fully saturated rings. The van der Waals surface area contributed by atoms with Gasteiger partial charge in [-0.3, -0.25) is 9.59 Å². The lowest BCUT2D eigenvalue weighted by molar-refractivity contribution is -0.141. The fourth-order valence-electron chi connectivity index (χ4n) is 3.64. The number of hydrogen-bond donors (Lipinski definition) is 1. The maximum atomic E-state index is 12.8. The Morgan fingerprint density at radius 1 is 1.17 bits per heavy atom. The Morgan fingerprint density at radius 3 is 2.52 bits per heavy atom. The fraction of sp³-hybridized carbons (Fsp3) is 0.556. The number of hydrogen-bond acceptors (Lipinski definition) is 3. The summed E-state index contributed by atoms with van der Waals surface area (Å²) >= 11 is 0. The first-order valence-corrected chi connectivity index (χ1v) is 8.43. The minimum Gasteiger partial charge on any atom is -0.488 e. The molecule has 23 heavy (non-hydrogen) atoms. The van der Waals surface area contributed by atoms with Gasteiger partial charge >= 0.3 is 0 Å². The van der Waals surface area contributed by atoms with Gasteiger partial charge in [0, 0.05) is 19.4 Å². The second kappa shape index (κ2) is 7.02. The van der Waals surface area contributed by atoms with Crippen molar-refractivity contribution in [2.45, 2.75) is 44.2 Å². The summed E-state index contributed by atoms with van der Waals surface area (Å²) in [5, 5.41) is 2.68. The highest BCUT2D eigenvalue weighted by molar-refractivity contribution is 5.89. The lowest BCUT2D eigenvalue weighted by atomic mass is 10.1. The van der Waals surface area contributed by atoms with Gasteiger partial charge in [0.1, 0.15) is 17.9 Å². The molecule has 3 rings (SSSR count). The summed E-state index contributed by atoms with van der Waals surface area (Å²) in [7, 11) is 1.62. The van der Waals surface area contributed by atoms with Gasteiger partial charge in [0.05, 0.1) is 6.54 Å². The number of likely N-dealkylation sites (N-methyl/N-ethyl adjacent to an activating group) is 1. The summed E-state index contributed by atoms with van der Waals surface area (Å²) in [5.74, 6) is 0.881. The van der Waals surface area contributed by atoms with Crippen molar-refractivity contribution in [1.29, 1.82) is 0 Å². The van der Waals surface area contributed by atoms with Crippen LogP contribution in [0.3, 0.4) is 0 Å². The Hall–Kier alpha value is -2.04. The molecule has 0 bridgehead atoms. The SMILES string of the molecule is CNC(=O)[C@@H]1C[C@H](Oc2ccccc2)CN1C(=O)C1CCCC1. The minimum absolute atomic E-state index is 0.0811. The van der Waals surface area contributed by atoms with E-state index >= 15 is 0 Å². The van der Waals surface area contributed by atoms with Gasteiger partial charge in [-0.1, -0.05) is 31.0 Å². The Kier molecular flexibility index (Phi) is 4.84. The van der Waals surface area contributed by atoms with E-state index in [1.165, 1.54) is 0 Å². The van der Waals surface area contributed by atoms with Crippen molar-refractivity contribution in [3.05, 3.63) is 30.3 Å². The van der Waals surface area contributed by atoms with E-state index in [0.717, 1.165) is 31.4 Å². The van der Waals surface area contributed by atoms with Crippen LogP contribution in [-0.4, -0.2) is 42.5 Å². The summed E-state index contributed by atoms with van der Waals surface area (Å²) < 4.78 is 5.97. The molecule has 1 aromatic carbocycles. The molecule has 1 saturated carbocycles. The van der Waals surface area contributed by atoms with Crippen LogP contribution < -0.4 is 10.1 Å². The first kappa shape index (κ1) is 15.8. The molecule has 2 amide bonds. The van der Waals surface area contributed by atoms with Gasteiger partial charge < -0.3 is 15.0 Å². The number of nitrogens with zero attached hydrogens (tertiary/aromatic N) is 1. The van der Waals surface area contributed by atoms with E-state index in [1.54, 1.807) is 11.9 Å². The van der Waals surface area contributed by atoms with Crippen LogP contribution in [0.5, 0.6) is 5.75 Å². The largest absolute Gasteiger partial charge is 0.488 e. The topological polar surface area (TPSA) is 58.6 Å². The van der Waals surface area contributed by atoms with Crippen molar-refractivity contribution in [3.63, 3.8) is 0 Å². The molecule has 1 aliphatic heterocycles. The molecule has 5 heteroatoms. The van der Waals surface area contributed by atoms with Crippen LogP contribution in [0, 0.1) is 5.92 Å². The first-order chi connectivity index (χ1) is 11.2. The lowest BCUT2D eigenvalue weighted by Gasteiger charge is -2.25. The van der Waals surface area contributed by atoms with Crippen LogP contribution in [0.2, 0.25) is 0 Å². The van der Waals surface area contributed by atoms with Crippen molar-refractivity contribution in [1.82, 2.24) is 10.2 Å².